The summed E-state index contributed by atoms with van der Waals surface area (Å²) in [5.74, 6) is 0. The summed E-state index contributed by atoms with van der Waals surface area (Å²) in [7, 11) is 0. The molecule has 2 saturated heterocycles. The molecule has 0 aromatic rings. The van der Waals surface area contributed by atoms with Gasteiger partial charge in [0.2, 0.25) is 0 Å². The fourth-order valence-corrected chi connectivity index (χ4v) is 3.88. The highest BCUT2D eigenvalue weighted by molar-refractivity contribution is 5.08. The van der Waals surface area contributed by atoms with E-state index in [-0.39, 0.29) is 17.4 Å². The molecule has 0 aromatic carbocycles. The molecule has 0 radical (unpaired) electrons. The summed E-state index contributed by atoms with van der Waals surface area (Å²) in [4.78, 5) is 0. The van der Waals surface area contributed by atoms with Crippen molar-refractivity contribution in [3.63, 3.8) is 0 Å². The Morgan fingerprint density at radius 3 is 2.50 bits per heavy atom. The van der Waals surface area contributed by atoms with E-state index in [1.807, 2.05) is 0 Å². The highest BCUT2D eigenvalue weighted by atomic mass is 15.3. The first-order chi connectivity index (χ1) is 7.61. The first-order valence-corrected chi connectivity index (χ1v) is 6.72. The minimum Gasteiger partial charge on any atom is -0.326 e. The van der Waals surface area contributed by atoms with Crippen molar-refractivity contribution < 1.29 is 0 Å². The van der Waals surface area contributed by atoms with E-state index in [1.54, 1.807) is 0 Å². The van der Waals surface area contributed by atoms with Crippen LogP contribution in [0.1, 0.15) is 51.4 Å². The first kappa shape index (κ1) is 11.0. The van der Waals surface area contributed by atoms with E-state index in [2.05, 4.69) is 10.6 Å². The third-order valence-electron chi connectivity index (χ3n) is 4.68. The molecule has 3 atom stereocenters. The molecule has 0 aromatic heterocycles. The van der Waals surface area contributed by atoms with Crippen LogP contribution in [-0.4, -0.2) is 23.4 Å². The van der Waals surface area contributed by atoms with Crippen molar-refractivity contribution in [3.8, 4) is 0 Å². The Morgan fingerprint density at radius 2 is 1.81 bits per heavy atom. The number of rotatable bonds is 0. The summed E-state index contributed by atoms with van der Waals surface area (Å²) >= 11 is 0. The van der Waals surface area contributed by atoms with Crippen LogP contribution in [0.5, 0.6) is 0 Å². The van der Waals surface area contributed by atoms with Gasteiger partial charge < -0.3 is 11.5 Å². The highest BCUT2D eigenvalue weighted by Crippen LogP contribution is 2.36. The first-order valence-electron chi connectivity index (χ1n) is 6.72. The molecule has 4 nitrogen and oxygen atoms in total. The highest BCUT2D eigenvalue weighted by Gasteiger charge is 2.48. The smallest absolute Gasteiger partial charge is 0.0703 e. The van der Waals surface area contributed by atoms with Gasteiger partial charge in [-0.15, -0.1) is 0 Å². The van der Waals surface area contributed by atoms with Gasteiger partial charge in [0, 0.05) is 12.1 Å². The Balaban J connectivity index is 1.87. The average molecular weight is 224 g/mol. The molecule has 4 aliphatic rings. The van der Waals surface area contributed by atoms with E-state index in [4.69, 9.17) is 11.5 Å². The molecule has 4 rings (SSSR count). The number of nitrogens with two attached hydrogens (primary N) is 2. The molecule has 4 heteroatoms. The zero-order valence-electron chi connectivity index (χ0n) is 9.97. The molecule has 0 amide bonds. The van der Waals surface area contributed by atoms with Gasteiger partial charge in [0.25, 0.3) is 0 Å². The molecule has 3 unspecified atom stereocenters. The summed E-state index contributed by atoms with van der Waals surface area (Å²) in [6.07, 6.45) is 9.46. The van der Waals surface area contributed by atoms with Gasteiger partial charge in [0.1, 0.15) is 0 Å². The summed E-state index contributed by atoms with van der Waals surface area (Å²) in [6, 6.07) is 0.678. The largest absolute Gasteiger partial charge is 0.326 e. The molecule has 6 N–H and O–H groups in total. The molecule has 2 saturated carbocycles. The lowest BCUT2D eigenvalue weighted by atomic mass is 9.84. The molecule has 2 aliphatic carbocycles. The van der Waals surface area contributed by atoms with Crippen LogP contribution in [0.3, 0.4) is 0 Å². The molecule has 92 valence electrons. The SMILES string of the molecule is NC1CC2(N)CCC1NC1(CCCCC1)N2. The van der Waals surface area contributed by atoms with Crippen LogP contribution in [0.4, 0.5) is 0 Å². The van der Waals surface area contributed by atoms with Gasteiger partial charge in [0.15, 0.2) is 0 Å². The molecule has 2 heterocycles. The maximum absolute atomic E-state index is 6.46. The van der Waals surface area contributed by atoms with Gasteiger partial charge in [-0.1, -0.05) is 19.3 Å². The van der Waals surface area contributed by atoms with Crippen molar-refractivity contribution in [1.82, 2.24) is 10.6 Å². The number of nitrogens with one attached hydrogen (secondary N) is 2. The van der Waals surface area contributed by atoms with Crippen LogP contribution in [0.25, 0.3) is 0 Å². The molecule has 4 fully saturated rings. The van der Waals surface area contributed by atoms with Crippen LogP contribution in [0.2, 0.25) is 0 Å². The molecular weight excluding hydrogens is 200 g/mol. The quantitative estimate of drug-likeness (QED) is 0.480. The van der Waals surface area contributed by atoms with E-state index < -0.39 is 0 Å². The lowest BCUT2D eigenvalue weighted by Gasteiger charge is -2.42. The Morgan fingerprint density at radius 1 is 1.06 bits per heavy atom. The van der Waals surface area contributed by atoms with Crippen molar-refractivity contribution in [2.24, 2.45) is 11.5 Å². The van der Waals surface area contributed by atoms with Gasteiger partial charge in [-0.2, -0.15) is 0 Å². The van der Waals surface area contributed by atoms with E-state index in [0.29, 0.717) is 6.04 Å². The fourth-order valence-electron chi connectivity index (χ4n) is 3.88. The molecule has 16 heavy (non-hydrogen) atoms. The average Bonchev–Trinajstić information content (AvgIpc) is 2.42. The van der Waals surface area contributed by atoms with E-state index in [0.717, 1.165) is 19.3 Å². The zero-order valence-corrected chi connectivity index (χ0v) is 9.97. The Labute approximate surface area is 97.5 Å². The standard InChI is InChI=1S/C12H24N4/c13-9-8-11(14)7-4-10(9)15-12(16-11)5-2-1-3-6-12/h9-10,15-16H,1-8,13-14H2. The minimum atomic E-state index is -0.225. The fraction of sp³-hybridized carbons (Fsp3) is 1.00. The lowest BCUT2D eigenvalue weighted by molar-refractivity contribution is 0.142. The summed E-state index contributed by atoms with van der Waals surface area (Å²) in [6.45, 7) is 0. The second-order valence-corrected chi connectivity index (χ2v) is 6.08. The van der Waals surface area contributed by atoms with Crippen molar-refractivity contribution in [3.05, 3.63) is 0 Å². The van der Waals surface area contributed by atoms with Crippen LogP contribution in [0.15, 0.2) is 0 Å². The van der Waals surface area contributed by atoms with Crippen molar-refractivity contribution in [2.75, 3.05) is 0 Å². The summed E-state index contributed by atoms with van der Waals surface area (Å²) < 4.78 is 0. The molecule has 1 spiro atoms. The molecule has 2 aliphatic heterocycles. The van der Waals surface area contributed by atoms with E-state index in [9.17, 15) is 0 Å². The maximum Gasteiger partial charge on any atom is 0.0703 e. The summed E-state index contributed by atoms with van der Waals surface area (Å²) in [5, 5.41) is 7.50. The monoisotopic (exact) mass is 224 g/mol. The topological polar surface area (TPSA) is 76.1 Å². The van der Waals surface area contributed by atoms with E-state index in [1.165, 1.54) is 32.1 Å². The minimum absolute atomic E-state index is 0.0856. The Kier molecular flexibility index (Phi) is 2.51. The zero-order chi connectivity index (χ0) is 11.2. The predicted molar refractivity (Wildman–Crippen MR) is 64.6 cm³/mol. The molecule has 2 bridgehead atoms. The van der Waals surface area contributed by atoms with Crippen molar-refractivity contribution >= 4 is 0 Å². The van der Waals surface area contributed by atoms with Crippen LogP contribution in [-0.2, 0) is 0 Å². The van der Waals surface area contributed by atoms with Crippen LogP contribution in [0, 0.1) is 0 Å². The van der Waals surface area contributed by atoms with Crippen LogP contribution < -0.4 is 22.1 Å². The third-order valence-corrected chi connectivity index (χ3v) is 4.68. The van der Waals surface area contributed by atoms with Gasteiger partial charge in [-0.25, -0.2) is 0 Å². The van der Waals surface area contributed by atoms with Crippen LogP contribution >= 0.6 is 0 Å². The second-order valence-electron chi connectivity index (χ2n) is 6.08. The number of hydrogen-bond donors (Lipinski definition) is 4. The van der Waals surface area contributed by atoms with Gasteiger partial charge in [0.05, 0.1) is 11.3 Å². The Bertz CT molecular complexity index is 274. The summed E-state index contributed by atoms with van der Waals surface area (Å²) in [5.41, 5.74) is 12.5. The van der Waals surface area contributed by atoms with Gasteiger partial charge >= 0.3 is 0 Å². The van der Waals surface area contributed by atoms with E-state index >= 15 is 0 Å². The van der Waals surface area contributed by atoms with Crippen molar-refractivity contribution in [2.45, 2.75) is 74.8 Å². The van der Waals surface area contributed by atoms with Gasteiger partial charge in [-0.05, 0) is 32.1 Å². The number of fused-ring (bicyclic) bond motifs is 2. The second kappa shape index (κ2) is 3.67. The maximum atomic E-state index is 6.46. The van der Waals surface area contributed by atoms with Gasteiger partial charge in [-0.3, -0.25) is 10.6 Å². The van der Waals surface area contributed by atoms with Crippen molar-refractivity contribution in [1.29, 1.82) is 0 Å². The normalized spacial score (nSPS) is 46.9. The lowest BCUT2D eigenvalue weighted by Crippen LogP contribution is -2.66. The predicted octanol–water partition coefficient (Wildman–Crippen LogP) is 0.374. The Hall–Kier alpha value is -0.160. The third kappa shape index (κ3) is 1.78. The number of hydrogen-bond acceptors (Lipinski definition) is 4. The molecular formula is C12H24N4.